The van der Waals surface area contributed by atoms with E-state index < -0.39 is 17.5 Å². The molecule has 2 rings (SSSR count). The molecule has 2 aromatic rings. The van der Waals surface area contributed by atoms with Gasteiger partial charge in [0.05, 0.1) is 0 Å². The quantitative estimate of drug-likeness (QED) is 0.804. The number of nitrogens with one attached hydrogen (secondary N) is 1. The average Bonchev–Trinajstić information content (AvgIpc) is 2.37. The highest BCUT2D eigenvalue weighted by molar-refractivity contribution is 7.80. The summed E-state index contributed by atoms with van der Waals surface area (Å²) in [6.07, 6.45) is 0. The molecule has 19 heavy (non-hydrogen) atoms. The average molecular weight is 279 g/mol. The predicted molar refractivity (Wildman–Crippen MR) is 72.7 cm³/mol. The molecule has 1 N–H and O–H groups in total. The van der Waals surface area contributed by atoms with Crippen LogP contribution in [0.1, 0.15) is 15.9 Å². The van der Waals surface area contributed by atoms with Gasteiger partial charge in [-0.05, 0) is 42.8 Å². The summed E-state index contributed by atoms with van der Waals surface area (Å²) in [5.41, 5.74) is 1.10. The van der Waals surface area contributed by atoms with Crippen molar-refractivity contribution in [3.05, 3.63) is 59.2 Å². The second kappa shape index (κ2) is 5.40. The number of aryl methyl sites for hydroxylation is 1. The molecule has 0 aliphatic heterocycles. The Balaban J connectivity index is 2.20. The zero-order valence-electron chi connectivity index (χ0n) is 10.1. The van der Waals surface area contributed by atoms with Gasteiger partial charge in [-0.15, -0.1) is 12.6 Å². The van der Waals surface area contributed by atoms with Crippen LogP contribution in [0.3, 0.4) is 0 Å². The number of hydrogen-bond donors (Lipinski definition) is 2. The molecule has 0 fully saturated rings. The molecule has 0 aliphatic rings. The van der Waals surface area contributed by atoms with Crippen molar-refractivity contribution in [1.29, 1.82) is 0 Å². The number of halogens is 2. The molecule has 0 saturated carbocycles. The summed E-state index contributed by atoms with van der Waals surface area (Å²) in [7, 11) is 0. The molecule has 0 bridgehead atoms. The first-order chi connectivity index (χ1) is 8.97. The van der Waals surface area contributed by atoms with Crippen LogP contribution < -0.4 is 5.32 Å². The summed E-state index contributed by atoms with van der Waals surface area (Å²) in [5, 5.41) is 2.54. The summed E-state index contributed by atoms with van der Waals surface area (Å²) in [5.74, 6) is -1.34. The van der Waals surface area contributed by atoms with Crippen LogP contribution in [0.4, 0.5) is 14.5 Å². The third-order valence-corrected chi connectivity index (χ3v) is 2.98. The molecule has 2 aromatic carbocycles. The molecule has 0 unspecified atom stereocenters. The van der Waals surface area contributed by atoms with E-state index in [1.165, 1.54) is 18.2 Å². The summed E-state index contributed by atoms with van der Waals surface area (Å²) in [4.78, 5) is 12.0. The number of amides is 1. The smallest absolute Gasteiger partial charge is 0.255 e. The minimum Gasteiger partial charge on any atom is -0.322 e. The Morgan fingerprint density at radius 1 is 1.11 bits per heavy atom. The Morgan fingerprint density at radius 2 is 1.84 bits per heavy atom. The highest BCUT2D eigenvalue weighted by Crippen LogP contribution is 2.17. The van der Waals surface area contributed by atoms with E-state index >= 15 is 0 Å². The Bertz CT molecular complexity index is 643. The van der Waals surface area contributed by atoms with Gasteiger partial charge in [0.1, 0.15) is 11.6 Å². The topological polar surface area (TPSA) is 29.1 Å². The molecule has 1 amide bonds. The van der Waals surface area contributed by atoms with Gasteiger partial charge in [-0.1, -0.05) is 6.07 Å². The minimum absolute atomic E-state index is 0.0859. The number of hydrogen-bond acceptors (Lipinski definition) is 2. The van der Waals surface area contributed by atoms with Crippen LogP contribution in [-0.2, 0) is 0 Å². The number of thiol groups is 1. The normalized spacial score (nSPS) is 10.3. The van der Waals surface area contributed by atoms with Crippen LogP contribution in [0.15, 0.2) is 41.3 Å². The summed E-state index contributed by atoms with van der Waals surface area (Å²) >= 11 is 3.90. The van der Waals surface area contributed by atoms with Crippen LogP contribution >= 0.6 is 12.6 Å². The van der Waals surface area contributed by atoms with Gasteiger partial charge in [0.15, 0.2) is 0 Å². The van der Waals surface area contributed by atoms with Gasteiger partial charge in [0, 0.05) is 16.1 Å². The number of benzene rings is 2. The molecule has 0 aromatic heterocycles. The summed E-state index contributed by atoms with van der Waals surface area (Å²) < 4.78 is 26.4. The van der Waals surface area contributed by atoms with Gasteiger partial charge in [-0.3, -0.25) is 4.79 Å². The standard InChI is InChI=1S/C14H11F2NOS/c1-8-2-4-10(7-12(8)16)17-14(18)9-3-5-11(15)13(19)6-9/h2-7,19H,1H3,(H,17,18). The van der Waals surface area contributed by atoms with Gasteiger partial charge in [-0.25, -0.2) is 8.78 Å². The fourth-order valence-corrected chi connectivity index (χ4v) is 1.74. The molecule has 0 heterocycles. The lowest BCUT2D eigenvalue weighted by Gasteiger charge is -2.07. The fourth-order valence-electron chi connectivity index (χ4n) is 1.53. The molecule has 0 atom stereocenters. The van der Waals surface area contributed by atoms with E-state index in [1.807, 2.05) is 0 Å². The lowest BCUT2D eigenvalue weighted by Crippen LogP contribution is -2.12. The van der Waals surface area contributed by atoms with Crippen molar-refractivity contribution in [2.75, 3.05) is 5.32 Å². The Labute approximate surface area is 114 Å². The van der Waals surface area contributed by atoms with Gasteiger partial charge >= 0.3 is 0 Å². The SMILES string of the molecule is Cc1ccc(NC(=O)c2ccc(F)c(S)c2)cc1F. The largest absolute Gasteiger partial charge is 0.322 e. The molecule has 5 heteroatoms. The molecule has 0 spiro atoms. The van der Waals surface area contributed by atoms with Crippen molar-refractivity contribution >= 4 is 24.2 Å². The molecule has 98 valence electrons. The number of carbonyl (C=O) groups excluding carboxylic acids is 1. The third-order valence-electron chi connectivity index (χ3n) is 2.64. The number of anilines is 1. The van der Waals surface area contributed by atoms with Crippen LogP contribution in [0.5, 0.6) is 0 Å². The van der Waals surface area contributed by atoms with Crippen molar-refractivity contribution in [3.8, 4) is 0 Å². The maximum absolute atomic E-state index is 13.3. The molecule has 0 radical (unpaired) electrons. The van der Waals surface area contributed by atoms with E-state index in [1.54, 1.807) is 19.1 Å². The molecule has 0 aliphatic carbocycles. The second-order valence-corrected chi connectivity index (χ2v) is 4.57. The molecular formula is C14H11F2NOS. The van der Waals surface area contributed by atoms with E-state index in [0.717, 1.165) is 6.07 Å². The van der Waals surface area contributed by atoms with Crippen molar-refractivity contribution in [3.63, 3.8) is 0 Å². The van der Waals surface area contributed by atoms with Crippen molar-refractivity contribution in [1.82, 2.24) is 0 Å². The zero-order chi connectivity index (χ0) is 14.0. The minimum atomic E-state index is -0.499. The van der Waals surface area contributed by atoms with E-state index in [9.17, 15) is 13.6 Å². The van der Waals surface area contributed by atoms with Gasteiger partial charge in [0.2, 0.25) is 0 Å². The van der Waals surface area contributed by atoms with E-state index in [-0.39, 0.29) is 10.5 Å². The maximum Gasteiger partial charge on any atom is 0.255 e. The fraction of sp³-hybridized carbons (Fsp3) is 0.0714. The molecule has 0 saturated heterocycles. The highest BCUT2D eigenvalue weighted by atomic mass is 32.1. The van der Waals surface area contributed by atoms with Crippen molar-refractivity contribution in [2.45, 2.75) is 11.8 Å². The predicted octanol–water partition coefficient (Wildman–Crippen LogP) is 3.81. The van der Waals surface area contributed by atoms with Crippen LogP contribution in [0.2, 0.25) is 0 Å². The first-order valence-electron chi connectivity index (χ1n) is 5.53. The number of rotatable bonds is 2. The third kappa shape index (κ3) is 3.12. The van der Waals surface area contributed by atoms with Crippen LogP contribution in [0, 0.1) is 18.6 Å². The lowest BCUT2D eigenvalue weighted by molar-refractivity contribution is 0.102. The highest BCUT2D eigenvalue weighted by Gasteiger charge is 2.09. The number of carbonyl (C=O) groups is 1. The lowest BCUT2D eigenvalue weighted by atomic mass is 10.2. The van der Waals surface area contributed by atoms with Gasteiger partial charge in [-0.2, -0.15) is 0 Å². The van der Waals surface area contributed by atoms with Crippen LogP contribution in [-0.4, -0.2) is 5.91 Å². The Kier molecular flexibility index (Phi) is 3.85. The molecular weight excluding hydrogens is 268 g/mol. The monoisotopic (exact) mass is 279 g/mol. The van der Waals surface area contributed by atoms with Crippen molar-refractivity contribution in [2.24, 2.45) is 0 Å². The molecule has 2 nitrogen and oxygen atoms in total. The van der Waals surface area contributed by atoms with Crippen molar-refractivity contribution < 1.29 is 13.6 Å². The first-order valence-corrected chi connectivity index (χ1v) is 5.98. The van der Waals surface area contributed by atoms with Gasteiger partial charge in [0.25, 0.3) is 5.91 Å². The summed E-state index contributed by atoms with van der Waals surface area (Å²) in [6.45, 7) is 1.63. The first kappa shape index (κ1) is 13.5. The van der Waals surface area contributed by atoms with Gasteiger partial charge < -0.3 is 5.32 Å². The Hall–Kier alpha value is -1.88. The van der Waals surface area contributed by atoms with E-state index in [4.69, 9.17) is 0 Å². The second-order valence-electron chi connectivity index (χ2n) is 4.08. The van der Waals surface area contributed by atoms with E-state index in [0.29, 0.717) is 11.3 Å². The zero-order valence-corrected chi connectivity index (χ0v) is 11.0. The van der Waals surface area contributed by atoms with Crippen LogP contribution in [0.25, 0.3) is 0 Å². The Morgan fingerprint density at radius 3 is 2.47 bits per heavy atom. The summed E-state index contributed by atoms with van der Waals surface area (Å²) in [6, 6.07) is 8.22. The van der Waals surface area contributed by atoms with E-state index in [2.05, 4.69) is 17.9 Å². The maximum atomic E-state index is 13.3.